The Kier molecular flexibility index (Phi) is 3.68. The lowest BCUT2D eigenvalue weighted by Gasteiger charge is -2.15. The van der Waals surface area contributed by atoms with Gasteiger partial charge in [0.2, 0.25) is 0 Å². The SMILES string of the molecule is CCN1CCC(Cn2c(C)nc3cccc(C(=O)O)c32)C1. The minimum Gasteiger partial charge on any atom is -0.478 e. The highest BCUT2D eigenvalue weighted by atomic mass is 16.4. The maximum absolute atomic E-state index is 11.5. The van der Waals surface area contributed by atoms with Gasteiger partial charge in [-0.2, -0.15) is 0 Å². The van der Waals surface area contributed by atoms with Gasteiger partial charge in [-0.25, -0.2) is 9.78 Å². The zero-order valence-electron chi connectivity index (χ0n) is 12.5. The van der Waals surface area contributed by atoms with E-state index in [9.17, 15) is 9.90 Å². The number of likely N-dealkylation sites (tertiary alicyclic amines) is 1. The first-order chi connectivity index (χ1) is 10.1. The molecule has 0 aliphatic carbocycles. The first-order valence-electron chi connectivity index (χ1n) is 7.51. The van der Waals surface area contributed by atoms with Crippen molar-refractivity contribution in [2.75, 3.05) is 19.6 Å². The van der Waals surface area contributed by atoms with E-state index >= 15 is 0 Å². The van der Waals surface area contributed by atoms with Crippen LogP contribution in [0.3, 0.4) is 0 Å². The van der Waals surface area contributed by atoms with Crippen LogP contribution in [-0.2, 0) is 6.54 Å². The highest BCUT2D eigenvalue weighted by Gasteiger charge is 2.24. The first kappa shape index (κ1) is 14.1. The molecule has 2 heterocycles. The minimum absolute atomic E-state index is 0.346. The molecule has 1 aromatic carbocycles. The summed E-state index contributed by atoms with van der Waals surface area (Å²) in [5.41, 5.74) is 1.88. The molecule has 0 bridgehead atoms. The molecule has 1 aliphatic rings. The summed E-state index contributed by atoms with van der Waals surface area (Å²) in [5.74, 6) is 0.583. The van der Waals surface area contributed by atoms with Gasteiger partial charge in [-0.1, -0.05) is 13.0 Å². The van der Waals surface area contributed by atoms with Crippen LogP contribution in [-0.4, -0.2) is 45.2 Å². The van der Waals surface area contributed by atoms with Crippen LogP contribution in [0.5, 0.6) is 0 Å². The summed E-state index contributed by atoms with van der Waals surface area (Å²) in [6.45, 7) is 8.30. The van der Waals surface area contributed by atoms with Gasteiger partial charge in [-0.15, -0.1) is 0 Å². The molecule has 2 aromatic rings. The van der Waals surface area contributed by atoms with E-state index in [2.05, 4.69) is 21.4 Å². The number of benzene rings is 1. The Hall–Kier alpha value is -1.88. The van der Waals surface area contributed by atoms with Gasteiger partial charge >= 0.3 is 5.97 Å². The van der Waals surface area contributed by atoms with Gasteiger partial charge in [0.1, 0.15) is 5.82 Å². The molecule has 1 aliphatic heterocycles. The summed E-state index contributed by atoms with van der Waals surface area (Å²) in [7, 11) is 0. The second-order valence-corrected chi connectivity index (χ2v) is 5.80. The summed E-state index contributed by atoms with van der Waals surface area (Å²) < 4.78 is 2.09. The van der Waals surface area contributed by atoms with E-state index < -0.39 is 5.97 Å². The van der Waals surface area contributed by atoms with Gasteiger partial charge in [0.25, 0.3) is 0 Å². The number of aromatic nitrogens is 2. The van der Waals surface area contributed by atoms with Crippen LogP contribution in [0, 0.1) is 12.8 Å². The molecule has 0 spiro atoms. The minimum atomic E-state index is -0.886. The third kappa shape index (κ3) is 2.53. The number of carboxylic acids is 1. The molecule has 0 radical (unpaired) electrons. The number of nitrogens with zero attached hydrogens (tertiary/aromatic N) is 3. The summed E-state index contributed by atoms with van der Waals surface area (Å²) in [6.07, 6.45) is 1.17. The molecule has 1 unspecified atom stereocenters. The number of fused-ring (bicyclic) bond motifs is 1. The molecular formula is C16H21N3O2. The second kappa shape index (κ2) is 5.48. The molecule has 1 saturated heterocycles. The topological polar surface area (TPSA) is 58.4 Å². The van der Waals surface area contributed by atoms with Crippen LogP contribution in [0.25, 0.3) is 11.0 Å². The predicted molar refractivity (Wildman–Crippen MR) is 81.7 cm³/mol. The van der Waals surface area contributed by atoms with Crippen molar-refractivity contribution in [1.29, 1.82) is 0 Å². The van der Waals surface area contributed by atoms with Gasteiger partial charge in [0.15, 0.2) is 0 Å². The van der Waals surface area contributed by atoms with Crippen LogP contribution >= 0.6 is 0 Å². The van der Waals surface area contributed by atoms with Crippen LogP contribution in [0.1, 0.15) is 29.5 Å². The number of para-hydroxylation sites is 1. The summed E-state index contributed by atoms with van der Waals surface area (Å²) in [5, 5.41) is 9.41. The molecule has 112 valence electrons. The normalized spacial score (nSPS) is 19.4. The Bertz CT molecular complexity index is 677. The average molecular weight is 287 g/mol. The molecule has 1 N–H and O–H groups in total. The number of rotatable bonds is 4. The van der Waals surface area contributed by atoms with Crippen molar-refractivity contribution in [1.82, 2.24) is 14.5 Å². The van der Waals surface area contributed by atoms with E-state index in [1.54, 1.807) is 12.1 Å². The number of aromatic carboxylic acids is 1. The predicted octanol–water partition coefficient (Wildman–Crippen LogP) is 2.38. The molecule has 5 heteroatoms. The Balaban J connectivity index is 1.98. The van der Waals surface area contributed by atoms with Crippen molar-refractivity contribution in [3.05, 3.63) is 29.6 Å². The standard InChI is InChI=1S/C16H21N3O2/c1-3-18-8-7-12(9-18)10-19-11(2)17-14-6-4-5-13(15(14)19)16(20)21/h4-6,12H,3,7-10H2,1-2H3,(H,20,21). The molecule has 3 rings (SSSR count). The number of aryl methyl sites for hydroxylation is 1. The van der Waals surface area contributed by atoms with Crippen molar-refractivity contribution in [2.45, 2.75) is 26.8 Å². The fourth-order valence-corrected chi connectivity index (χ4v) is 3.30. The van der Waals surface area contributed by atoms with Gasteiger partial charge in [0.05, 0.1) is 16.6 Å². The van der Waals surface area contributed by atoms with E-state index in [4.69, 9.17) is 0 Å². The first-order valence-corrected chi connectivity index (χ1v) is 7.51. The van der Waals surface area contributed by atoms with Crippen molar-refractivity contribution in [3.8, 4) is 0 Å². The number of imidazole rings is 1. The van der Waals surface area contributed by atoms with Gasteiger partial charge in [-0.3, -0.25) is 0 Å². The summed E-state index contributed by atoms with van der Waals surface area (Å²) in [4.78, 5) is 18.4. The maximum atomic E-state index is 11.5. The van der Waals surface area contributed by atoms with E-state index in [-0.39, 0.29) is 0 Å². The summed E-state index contributed by atoms with van der Waals surface area (Å²) in [6, 6.07) is 5.31. The van der Waals surface area contributed by atoms with Crippen molar-refractivity contribution < 1.29 is 9.90 Å². The quantitative estimate of drug-likeness (QED) is 0.938. The second-order valence-electron chi connectivity index (χ2n) is 5.80. The van der Waals surface area contributed by atoms with Gasteiger partial charge < -0.3 is 14.6 Å². The molecule has 1 aromatic heterocycles. The zero-order valence-corrected chi connectivity index (χ0v) is 12.5. The third-order valence-electron chi connectivity index (χ3n) is 4.45. The van der Waals surface area contributed by atoms with Crippen LogP contribution < -0.4 is 0 Å². The van der Waals surface area contributed by atoms with Crippen molar-refractivity contribution >= 4 is 17.0 Å². The average Bonchev–Trinajstić information content (AvgIpc) is 3.04. The lowest BCUT2D eigenvalue weighted by molar-refractivity contribution is 0.0698. The van der Waals surface area contributed by atoms with Crippen molar-refractivity contribution in [2.24, 2.45) is 5.92 Å². The van der Waals surface area contributed by atoms with Gasteiger partial charge in [-0.05, 0) is 44.5 Å². The van der Waals surface area contributed by atoms with Crippen LogP contribution in [0.15, 0.2) is 18.2 Å². The largest absolute Gasteiger partial charge is 0.478 e. The monoisotopic (exact) mass is 287 g/mol. The highest BCUT2D eigenvalue weighted by molar-refractivity contribution is 6.01. The molecule has 0 saturated carbocycles. The Labute approximate surface area is 124 Å². The number of carbonyl (C=O) groups is 1. The number of hydrogen-bond donors (Lipinski definition) is 1. The van der Waals surface area contributed by atoms with Crippen LogP contribution in [0.4, 0.5) is 0 Å². The summed E-state index contributed by atoms with van der Waals surface area (Å²) >= 11 is 0. The molecular weight excluding hydrogens is 266 g/mol. The smallest absolute Gasteiger partial charge is 0.337 e. The third-order valence-corrected chi connectivity index (χ3v) is 4.45. The highest BCUT2D eigenvalue weighted by Crippen LogP contribution is 2.25. The fraction of sp³-hybridized carbons (Fsp3) is 0.500. The van der Waals surface area contributed by atoms with Gasteiger partial charge in [0, 0.05) is 13.1 Å². The van der Waals surface area contributed by atoms with E-state index in [0.717, 1.165) is 43.0 Å². The van der Waals surface area contributed by atoms with E-state index in [1.165, 1.54) is 6.42 Å². The Morgan fingerprint density at radius 3 is 2.95 bits per heavy atom. The Morgan fingerprint density at radius 1 is 1.48 bits per heavy atom. The molecule has 21 heavy (non-hydrogen) atoms. The zero-order chi connectivity index (χ0) is 15.0. The maximum Gasteiger partial charge on any atom is 0.337 e. The lowest BCUT2D eigenvalue weighted by Crippen LogP contribution is -2.21. The molecule has 1 atom stereocenters. The molecule has 0 amide bonds. The fourth-order valence-electron chi connectivity index (χ4n) is 3.30. The van der Waals surface area contributed by atoms with E-state index in [1.807, 2.05) is 13.0 Å². The Morgan fingerprint density at radius 2 is 2.29 bits per heavy atom. The van der Waals surface area contributed by atoms with E-state index in [0.29, 0.717) is 11.5 Å². The number of hydrogen-bond acceptors (Lipinski definition) is 3. The lowest BCUT2D eigenvalue weighted by atomic mass is 10.1. The van der Waals surface area contributed by atoms with Crippen LogP contribution in [0.2, 0.25) is 0 Å². The molecule has 1 fully saturated rings. The molecule has 5 nitrogen and oxygen atoms in total. The number of carboxylic acid groups (broad SMARTS) is 1. The van der Waals surface area contributed by atoms with Crippen molar-refractivity contribution in [3.63, 3.8) is 0 Å².